The van der Waals surface area contributed by atoms with Crippen LogP contribution in [0.15, 0.2) is 74.9 Å². The van der Waals surface area contributed by atoms with Gasteiger partial charge in [0.2, 0.25) is 9.84 Å². The number of carboxylic acid groups (broad SMARTS) is 1. The van der Waals surface area contributed by atoms with Crippen molar-refractivity contribution in [1.82, 2.24) is 4.90 Å². The topological polar surface area (TPSA) is 87.8 Å². The highest BCUT2D eigenvalue weighted by molar-refractivity contribution is 7.91. The molecule has 1 heterocycles. The van der Waals surface area contributed by atoms with Crippen LogP contribution < -0.4 is 0 Å². The van der Waals surface area contributed by atoms with Crippen molar-refractivity contribution in [3.05, 3.63) is 72.2 Å². The van der Waals surface area contributed by atoms with Gasteiger partial charge in [-0.1, -0.05) is 51.1 Å². The molecule has 3 aromatic rings. The van der Waals surface area contributed by atoms with Gasteiger partial charge in [-0.05, 0) is 29.7 Å². The number of sulfone groups is 1. The number of halogens is 1. The zero-order valence-corrected chi connectivity index (χ0v) is 18.3. The number of benzene rings is 2. The fraction of sp³-hybridized carbons (Fsp3) is 0.261. The Morgan fingerprint density at radius 1 is 1.06 bits per heavy atom. The molecule has 0 fully saturated rings. The first-order chi connectivity index (χ1) is 14.5. The van der Waals surface area contributed by atoms with Gasteiger partial charge in [-0.3, -0.25) is 0 Å². The van der Waals surface area contributed by atoms with Crippen LogP contribution in [0.2, 0.25) is 0 Å². The van der Waals surface area contributed by atoms with Gasteiger partial charge in [-0.25, -0.2) is 17.6 Å². The van der Waals surface area contributed by atoms with E-state index in [0.29, 0.717) is 0 Å². The fourth-order valence-electron chi connectivity index (χ4n) is 3.21. The predicted octanol–water partition coefficient (Wildman–Crippen LogP) is 5.44. The van der Waals surface area contributed by atoms with Crippen molar-refractivity contribution in [3.63, 3.8) is 0 Å². The molecule has 6 nitrogen and oxygen atoms in total. The molecule has 0 aliphatic heterocycles. The maximum absolute atomic E-state index is 14.5. The minimum atomic E-state index is -4.03. The smallest absolute Gasteiger partial charge is 0.407 e. The van der Waals surface area contributed by atoms with Gasteiger partial charge in [0.05, 0.1) is 17.0 Å². The van der Waals surface area contributed by atoms with Gasteiger partial charge < -0.3 is 14.4 Å². The van der Waals surface area contributed by atoms with Crippen molar-refractivity contribution in [2.45, 2.75) is 37.1 Å². The molecule has 0 saturated carbocycles. The van der Waals surface area contributed by atoms with Crippen LogP contribution in [0.5, 0.6) is 0 Å². The number of amides is 1. The fourth-order valence-corrected chi connectivity index (χ4v) is 4.66. The van der Waals surface area contributed by atoms with Crippen LogP contribution in [0.4, 0.5) is 9.18 Å². The summed E-state index contributed by atoms with van der Waals surface area (Å²) in [6.07, 6.45) is -1.16. The number of nitrogens with zero attached hydrogens (tertiary/aromatic N) is 1. The molecule has 164 valence electrons. The summed E-state index contributed by atoms with van der Waals surface area (Å²) in [6, 6.07) is 14.7. The molecule has 0 spiro atoms. The molecule has 31 heavy (non-hydrogen) atoms. The Hall–Kier alpha value is -3.13. The predicted molar refractivity (Wildman–Crippen MR) is 114 cm³/mol. The molecule has 1 amide bonds. The van der Waals surface area contributed by atoms with Gasteiger partial charge in [0, 0.05) is 12.6 Å². The van der Waals surface area contributed by atoms with E-state index in [4.69, 9.17) is 4.42 Å². The third kappa shape index (κ3) is 5.14. The Kier molecular flexibility index (Phi) is 6.22. The average Bonchev–Trinajstić information content (AvgIpc) is 3.12. The highest BCUT2D eigenvalue weighted by Crippen LogP contribution is 2.36. The molecule has 0 radical (unpaired) electrons. The molecule has 0 saturated heterocycles. The van der Waals surface area contributed by atoms with E-state index in [1.54, 1.807) is 24.3 Å². The molecule has 0 atom stereocenters. The Morgan fingerprint density at radius 3 is 2.26 bits per heavy atom. The van der Waals surface area contributed by atoms with Gasteiger partial charge in [0.15, 0.2) is 5.76 Å². The minimum Gasteiger partial charge on any atom is -0.465 e. The van der Waals surface area contributed by atoms with Crippen LogP contribution in [0.25, 0.3) is 11.3 Å². The van der Waals surface area contributed by atoms with Crippen LogP contribution in [-0.4, -0.2) is 31.1 Å². The summed E-state index contributed by atoms with van der Waals surface area (Å²) in [5.74, 6) is -0.685. The molecule has 3 rings (SSSR count). The van der Waals surface area contributed by atoms with E-state index >= 15 is 0 Å². The molecule has 0 aliphatic rings. The number of hydrogen-bond donors (Lipinski definition) is 1. The van der Waals surface area contributed by atoms with Crippen molar-refractivity contribution in [2.75, 3.05) is 6.54 Å². The first kappa shape index (κ1) is 22.6. The Balaban J connectivity index is 2.13. The van der Waals surface area contributed by atoms with Crippen molar-refractivity contribution in [1.29, 1.82) is 0 Å². The third-order valence-electron chi connectivity index (χ3n) is 4.49. The average molecular weight is 446 g/mol. The highest BCUT2D eigenvalue weighted by Gasteiger charge is 2.29. The molecule has 1 aromatic heterocycles. The van der Waals surface area contributed by atoms with Gasteiger partial charge >= 0.3 is 6.09 Å². The first-order valence-electron chi connectivity index (χ1n) is 9.65. The van der Waals surface area contributed by atoms with Crippen molar-refractivity contribution >= 4 is 15.9 Å². The summed E-state index contributed by atoms with van der Waals surface area (Å²) >= 11 is 0. The van der Waals surface area contributed by atoms with E-state index in [0.717, 1.165) is 4.90 Å². The van der Waals surface area contributed by atoms with E-state index in [1.807, 2.05) is 20.8 Å². The normalized spacial score (nSPS) is 12.0. The van der Waals surface area contributed by atoms with Crippen LogP contribution >= 0.6 is 0 Å². The summed E-state index contributed by atoms with van der Waals surface area (Å²) in [6.45, 7) is 5.71. The molecule has 8 heteroatoms. The maximum Gasteiger partial charge on any atom is 0.407 e. The van der Waals surface area contributed by atoms with E-state index in [1.165, 1.54) is 36.4 Å². The van der Waals surface area contributed by atoms with Gasteiger partial charge in [-0.15, -0.1) is 0 Å². The van der Waals surface area contributed by atoms with Crippen molar-refractivity contribution in [2.24, 2.45) is 5.41 Å². The first-order valence-corrected chi connectivity index (χ1v) is 11.1. The SMILES string of the molecule is CC(C)(C)CN(Cc1cc(S(=O)(=O)c2ccccc2)c(-c2ccccc2F)o1)C(=O)O. The van der Waals surface area contributed by atoms with Crippen LogP contribution in [0.1, 0.15) is 26.5 Å². The zero-order chi connectivity index (χ0) is 22.8. The Bertz CT molecular complexity index is 1180. The molecule has 0 unspecified atom stereocenters. The summed E-state index contributed by atoms with van der Waals surface area (Å²) in [5.41, 5.74) is -0.334. The Morgan fingerprint density at radius 2 is 1.68 bits per heavy atom. The molecule has 0 aliphatic carbocycles. The lowest BCUT2D eigenvalue weighted by Gasteiger charge is -2.27. The second-order valence-electron chi connectivity index (χ2n) is 8.40. The van der Waals surface area contributed by atoms with Crippen molar-refractivity contribution < 1.29 is 27.1 Å². The van der Waals surface area contributed by atoms with E-state index in [-0.39, 0.29) is 45.4 Å². The summed E-state index contributed by atoms with van der Waals surface area (Å²) in [7, 11) is -4.03. The minimum absolute atomic E-state index is 0.0130. The lowest BCUT2D eigenvalue weighted by molar-refractivity contribution is 0.119. The summed E-state index contributed by atoms with van der Waals surface area (Å²) < 4.78 is 46.8. The monoisotopic (exact) mass is 445 g/mol. The maximum atomic E-state index is 14.5. The molecule has 1 N–H and O–H groups in total. The molecule has 2 aromatic carbocycles. The van der Waals surface area contributed by atoms with Crippen LogP contribution in [0, 0.1) is 11.2 Å². The van der Waals surface area contributed by atoms with Gasteiger partial charge in [0.1, 0.15) is 16.5 Å². The molecular formula is C23H24FNO5S. The van der Waals surface area contributed by atoms with E-state index < -0.39 is 21.7 Å². The van der Waals surface area contributed by atoms with Gasteiger partial charge in [-0.2, -0.15) is 0 Å². The lowest BCUT2D eigenvalue weighted by atomic mass is 9.96. The number of rotatable bonds is 6. The van der Waals surface area contributed by atoms with E-state index in [9.17, 15) is 22.7 Å². The third-order valence-corrected chi connectivity index (χ3v) is 6.27. The second-order valence-corrected chi connectivity index (χ2v) is 10.3. The van der Waals surface area contributed by atoms with E-state index in [2.05, 4.69) is 0 Å². The lowest BCUT2D eigenvalue weighted by Crippen LogP contribution is -2.36. The largest absolute Gasteiger partial charge is 0.465 e. The summed E-state index contributed by atoms with van der Waals surface area (Å²) in [5, 5.41) is 9.58. The summed E-state index contributed by atoms with van der Waals surface area (Å²) in [4.78, 5) is 12.7. The number of carbonyl (C=O) groups is 1. The van der Waals surface area contributed by atoms with Crippen molar-refractivity contribution in [3.8, 4) is 11.3 Å². The van der Waals surface area contributed by atoms with Crippen LogP contribution in [-0.2, 0) is 16.4 Å². The standard InChI is InChI=1S/C23H24FNO5S/c1-23(2,3)15-25(22(26)27)14-16-13-20(31(28,29)17-9-5-4-6-10-17)21(30-16)18-11-7-8-12-19(18)24/h4-13H,14-15H2,1-3H3,(H,26,27). The Labute approximate surface area is 180 Å². The molecular weight excluding hydrogens is 421 g/mol. The van der Waals surface area contributed by atoms with Gasteiger partial charge in [0.25, 0.3) is 0 Å². The number of furan rings is 1. The van der Waals surface area contributed by atoms with Crippen LogP contribution in [0.3, 0.4) is 0 Å². The quantitative estimate of drug-likeness (QED) is 0.545. The number of hydrogen-bond acceptors (Lipinski definition) is 4. The molecule has 0 bridgehead atoms. The highest BCUT2D eigenvalue weighted by atomic mass is 32.2. The zero-order valence-electron chi connectivity index (χ0n) is 17.5. The second kappa shape index (κ2) is 8.55.